The molecule has 2 aliphatic carbocycles. The van der Waals surface area contributed by atoms with Gasteiger partial charge in [-0.15, -0.1) is 0 Å². The third-order valence-electron chi connectivity index (χ3n) is 6.68. The predicted molar refractivity (Wildman–Crippen MR) is 117 cm³/mol. The molecule has 1 heterocycles. The van der Waals surface area contributed by atoms with E-state index in [4.69, 9.17) is 18.9 Å². The Balaban J connectivity index is 1.47. The largest absolute Gasteiger partial charge is 0.493 e. The van der Waals surface area contributed by atoms with Gasteiger partial charge < -0.3 is 24.3 Å². The Morgan fingerprint density at radius 2 is 1.81 bits per heavy atom. The van der Waals surface area contributed by atoms with Crippen LogP contribution in [0.2, 0.25) is 0 Å². The highest BCUT2D eigenvalue weighted by Crippen LogP contribution is 2.48. The number of benzene rings is 2. The number of ether oxygens (including phenoxy) is 4. The van der Waals surface area contributed by atoms with Gasteiger partial charge in [0, 0.05) is 17.7 Å². The quantitative estimate of drug-likeness (QED) is 0.632. The summed E-state index contributed by atoms with van der Waals surface area (Å²) in [6, 6.07) is 9.39. The highest BCUT2D eigenvalue weighted by atomic mass is 16.6. The molecule has 0 spiro atoms. The first-order valence-electron chi connectivity index (χ1n) is 11.1. The third-order valence-corrected chi connectivity index (χ3v) is 6.68. The molecule has 1 N–H and O–H groups in total. The van der Waals surface area contributed by atoms with Crippen LogP contribution in [-0.2, 0) is 16.1 Å². The Kier molecular flexibility index (Phi) is 5.19. The van der Waals surface area contributed by atoms with Crippen molar-refractivity contribution in [3.63, 3.8) is 0 Å². The normalized spacial score (nSPS) is 18.2. The fraction of sp³-hybridized carbons (Fsp3) is 0.440. The van der Waals surface area contributed by atoms with Crippen LogP contribution >= 0.6 is 0 Å². The molecule has 7 heteroatoms. The molecule has 5 rings (SSSR count). The summed E-state index contributed by atoms with van der Waals surface area (Å²) in [5, 5.41) is 2.88. The molecule has 2 aromatic rings. The van der Waals surface area contributed by atoms with Crippen molar-refractivity contribution in [3.8, 4) is 28.4 Å². The number of hydrogen-bond acceptors (Lipinski definition) is 6. The van der Waals surface area contributed by atoms with E-state index in [-0.39, 0.29) is 24.4 Å². The van der Waals surface area contributed by atoms with Gasteiger partial charge in [0.15, 0.2) is 11.5 Å². The molecular formula is C25H27NO6. The summed E-state index contributed by atoms with van der Waals surface area (Å²) in [7, 11) is 3.14. The summed E-state index contributed by atoms with van der Waals surface area (Å²) in [4.78, 5) is 24.6. The molecule has 0 aromatic heterocycles. The lowest BCUT2D eigenvalue weighted by atomic mass is 9.85. The number of fused-ring (bicyclic) bond motifs is 1. The van der Waals surface area contributed by atoms with E-state index in [1.165, 1.54) is 0 Å². The summed E-state index contributed by atoms with van der Waals surface area (Å²) >= 11 is 0. The molecule has 2 saturated carbocycles. The second-order valence-corrected chi connectivity index (χ2v) is 8.71. The molecule has 1 amide bonds. The van der Waals surface area contributed by atoms with Crippen molar-refractivity contribution in [2.24, 2.45) is 5.92 Å². The maximum absolute atomic E-state index is 12.4. The molecule has 0 atom stereocenters. The van der Waals surface area contributed by atoms with E-state index >= 15 is 0 Å². The molecule has 2 fully saturated rings. The Hall–Kier alpha value is -3.22. The fourth-order valence-electron chi connectivity index (χ4n) is 4.32. The minimum Gasteiger partial charge on any atom is -0.493 e. The SMILES string of the molecule is COc1ccc(-c2cccc3c2CNC3=O)c(OCC2(OC(=O)C3CCC3)CC2)c1OC. The number of rotatable bonds is 8. The highest BCUT2D eigenvalue weighted by Gasteiger charge is 2.49. The molecule has 0 bridgehead atoms. The van der Waals surface area contributed by atoms with Crippen LogP contribution in [0, 0.1) is 5.92 Å². The lowest BCUT2D eigenvalue weighted by molar-refractivity contribution is -0.161. The number of esters is 1. The number of amides is 1. The van der Waals surface area contributed by atoms with Crippen molar-refractivity contribution in [2.75, 3.05) is 20.8 Å². The van der Waals surface area contributed by atoms with Crippen LogP contribution in [0.25, 0.3) is 11.1 Å². The predicted octanol–water partition coefficient (Wildman–Crippen LogP) is 3.87. The van der Waals surface area contributed by atoms with Crippen LogP contribution in [-0.4, -0.2) is 38.3 Å². The van der Waals surface area contributed by atoms with Crippen molar-refractivity contribution in [2.45, 2.75) is 44.2 Å². The van der Waals surface area contributed by atoms with Gasteiger partial charge in [-0.2, -0.15) is 0 Å². The van der Waals surface area contributed by atoms with Crippen molar-refractivity contribution in [1.29, 1.82) is 0 Å². The van der Waals surface area contributed by atoms with Gasteiger partial charge in [0.2, 0.25) is 5.75 Å². The van der Waals surface area contributed by atoms with Gasteiger partial charge in [-0.05, 0) is 55.0 Å². The first kappa shape index (κ1) is 20.7. The molecular weight excluding hydrogens is 410 g/mol. The Labute approximate surface area is 187 Å². The zero-order chi connectivity index (χ0) is 22.3. The topological polar surface area (TPSA) is 83.1 Å². The van der Waals surface area contributed by atoms with Crippen LogP contribution in [0.15, 0.2) is 30.3 Å². The van der Waals surface area contributed by atoms with E-state index in [9.17, 15) is 9.59 Å². The number of nitrogens with one attached hydrogen (secondary N) is 1. The summed E-state index contributed by atoms with van der Waals surface area (Å²) < 4.78 is 23.3. The van der Waals surface area contributed by atoms with Gasteiger partial charge in [-0.1, -0.05) is 18.6 Å². The second-order valence-electron chi connectivity index (χ2n) is 8.71. The summed E-state index contributed by atoms with van der Waals surface area (Å²) in [6.45, 7) is 0.704. The zero-order valence-corrected chi connectivity index (χ0v) is 18.4. The molecule has 168 valence electrons. The van der Waals surface area contributed by atoms with Crippen LogP contribution in [0.1, 0.15) is 48.0 Å². The lowest BCUT2D eigenvalue weighted by Gasteiger charge is -2.27. The van der Waals surface area contributed by atoms with E-state index < -0.39 is 5.60 Å². The molecule has 32 heavy (non-hydrogen) atoms. The van der Waals surface area contributed by atoms with Gasteiger partial charge in [0.1, 0.15) is 12.2 Å². The van der Waals surface area contributed by atoms with Crippen LogP contribution in [0.5, 0.6) is 17.2 Å². The molecule has 3 aliphatic rings. The van der Waals surface area contributed by atoms with Crippen molar-refractivity contribution in [1.82, 2.24) is 5.32 Å². The number of hydrogen-bond donors (Lipinski definition) is 1. The highest BCUT2D eigenvalue weighted by molar-refractivity contribution is 6.01. The Bertz CT molecular complexity index is 1070. The Morgan fingerprint density at radius 1 is 1.03 bits per heavy atom. The van der Waals surface area contributed by atoms with Gasteiger partial charge in [0.25, 0.3) is 5.91 Å². The average molecular weight is 437 g/mol. The molecule has 7 nitrogen and oxygen atoms in total. The van der Waals surface area contributed by atoms with E-state index in [1.807, 2.05) is 30.3 Å². The van der Waals surface area contributed by atoms with Gasteiger partial charge in [-0.25, -0.2) is 0 Å². The van der Waals surface area contributed by atoms with Gasteiger partial charge in [-0.3, -0.25) is 9.59 Å². The molecule has 0 unspecified atom stereocenters. The standard InChI is InChI=1S/C25H27NO6/c1-29-20-10-9-17(16-7-4-8-18-19(16)13-26-23(18)27)21(22(20)30-2)31-14-25(11-12-25)32-24(28)15-5-3-6-15/h4,7-10,15H,3,5-6,11-14H2,1-2H3,(H,26,27). The van der Waals surface area contributed by atoms with Crippen molar-refractivity contribution >= 4 is 11.9 Å². The van der Waals surface area contributed by atoms with Gasteiger partial charge >= 0.3 is 5.97 Å². The van der Waals surface area contributed by atoms with Gasteiger partial charge in [0.05, 0.1) is 20.1 Å². The third kappa shape index (κ3) is 3.55. The monoisotopic (exact) mass is 437 g/mol. The van der Waals surface area contributed by atoms with E-state index in [0.717, 1.165) is 48.8 Å². The van der Waals surface area contributed by atoms with Crippen LogP contribution < -0.4 is 19.5 Å². The first-order valence-corrected chi connectivity index (χ1v) is 11.1. The second kappa shape index (κ2) is 8.04. The summed E-state index contributed by atoms with van der Waals surface area (Å²) in [5.41, 5.74) is 2.71. The minimum atomic E-state index is -0.575. The fourth-order valence-corrected chi connectivity index (χ4v) is 4.32. The molecule has 1 aliphatic heterocycles. The van der Waals surface area contributed by atoms with E-state index in [2.05, 4.69) is 5.32 Å². The van der Waals surface area contributed by atoms with E-state index in [1.54, 1.807) is 14.2 Å². The number of carbonyl (C=O) groups excluding carboxylic acids is 2. The minimum absolute atomic E-state index is 0.0336. The van der Waals surface area contributed by atoms with Crippen molar-refractivity contribution < 1.29 is 28.5 Å². The molecule has 0 radical (unpaired) electrons. The smallest absolute Gasteiger partial charge is 0.309 e. The Morgan fingerprint density at radius 3 is 2.47 bits per heavy atom. The van der Waals surface area contributed by atoms with Crippen LogP contribution in [0.4, 0.5) is 0 Å². The maximum Gasteiger partial charge on any atom is 0.309 e. The maximum atomic E-state index is 12.4. The number of carbonyl (C=O) groups is 2. The average Bonchev–Trinajstić information content (AvgIpc) is 3.42. The van der Waals surface area contributed by atoms with Crippen molar-refractivity contribution in [3.05, 3.63) is 41.5 Å². The first-order chi connectivity index (χ1) is 15.5. The molecule has 2 aromatic carbocycles. The summed E-state index contributed by atoms with van der Waals surface area (Å²) in [5.74, 6) is 1.38. The number of methoxy groups -OCH3 is 2. The summed E-state index contributed by atoms with van der Waals surface area (Å²) in [6.07, 6.45) is 4.48. The molecule has 0 saturated heterocycles. The zero-order valence-electron chi connectivity index (χ0n) is 18.4. The van der Waals surface area contributed by atoms with E-state index in [0.29, 0.717) is 29.4 Å². The van der Waals surface area contributed by atoms with Crippen LogP contribution in [0.3, 0.4) is 0 Å². The lowest BCUT2D eigenvalue weighted by Crippen LogP contribution is -2.33.